The smallest absolute Gasteiger partial charge is 0.325 e. The average Bonchev–Trinajstić information content (AvgIpc) is 2.32. The zero-order valence-corrected chi connectivity index (χ0v) is 11.5. The van der Waals surface area contributed by atoms with Crippen LogP contribution in [0.25, 0.3) is 0 Å². The number of nitrogens with zero attached hydrogens (tertiary/aromatic N) is 1. The molecule has 0 unspecified atom stereocenters. The first-order valence-electron chi connectivity index (χ1n) is 5.63. The summed E-state index contributed by atoms with van der Waals surface area (Å²) in [5.41, 5.74) is 1.36. The van der Waals surface area contributed by atoms with Gasteiger partial charge in [-0.25, -0.2) is 0 Å². The van der Waals surface area contributed by atoms with Crippen LogP contribution >= 0.6 is 11.6 Å². The number of aryl methyl sites for hydroxylation is 1. The van der Waals surface area contributed by atoms with Crippen LogP contribution in [0.4, 0.5) is 0 Å². The van der Waals surface area contributed by atoms with Crippen molar-refractivity contribution in [3.8, 4) is 0 Å². The van der Waals surface area contributed by atoms with Crippen molar-refractivity contribution >= 4 is 23.5 Å². The predicted molar refractivity (Wildman–Crippen MR) is 69.8 cm³/mol. The summed E-state index contributed by atoms with van der Waals surface area (Å²) >= 11 is 5.96. The first-order valence-corrected chi connectivity index (χ1v) is 6.00. The summed E-state index contributed by atoms with van der Waals surface area (Å²) in [5.74, 6) is -0.684. The molecule has 0 saturated carbocycles. The molecule has 0 heterocycles. The number of carbonyl (C=O) groups excluding carboxylic acids is 2. The van der Waals surface area contributed by atoms with Crippen molar-refractivity contribution in [2.75, 3.05) is 20.2 Å². The molecular formula is C13H16ClNO3. The van der Waals surface area contributed by atoms with Gasteiger partial charge in [-0.1, -0.05) is 17.7 Å². The second kappa shape index (κ2) is 6.40. The highest BCUT2D eigenvalue weighted by molar-refractivity contribution is 6.31. The molecule has 0 aliphatic carbocycles. The van der Waals surface area contributed by atoms with Crippen LogP contribution in [0.15, 0.2) is 18.2 Å². The van der Waals surface area contributed by atoms with Crippen LogP contribution in [-0.2, 0) is 9.53 Å². The van der Waals surface area contributed by atoms with E-state index in [9.17, 15) is 9.59 Å². The largest absolute Gasteiger partial charge is 0.465 e. The lowest BCUT2D eigenvalue weighted by Gasteiger charge is -2.16. The Hall–Kier alpha value is -1.55. The second-order valence-electron chi connectivity index (χ2n) is 3.93. The molecule has 4 nitrogen and oxygen atoms in total. The molecule has 1 aromatic carbocycles. The standard InChI is InChI=1S/C13H16ClNO3/c1-4-18-12(16)8-15(3)13(17)10-6-5-9(2)11(14)7-10/h5-7H,4,8H2,1-3H3. The van der Waals surface area contributed by atoms with Crippen molar-refractivity contribution in [2.24, 2.45) is 0 Å². The Morgan fingerprint density at radius 3 is 2.61 bits per heavy atom. The Balaban J connectivity index is 2.74. The minimum Gasteiger partial charge on any atom is -0.465 e. The van der Waals surface area contributed by atoms with E-state index in [0.29, 0.717) is 17.2 Å². The summed E-state index contributed by atoms with van der Waals surface area (Å²) in [6, 6.07) is 5.06. The van der Waals surface area contributed by atoms with Crippen LogP contribution in [0.2, 0.25) is 5.02 Å². The molecule has 0 fully saturated rings. The molecule has 18 heavy (non-hydrogen) atoms. The maximum Gasteiger partial charge on any atom is 0.325 e. The molecule has 1 rings (SSSR count). The average molecular weight is 270 g/mol. The quantitative estimate of drug-likeness (QED) is 0.788. The van der Waals surface area contributed by atoms with E-state index in [4.69, 9.17) is 16.3 Å². The van der Waals surface area contributed by atoms with Gasteiger partial charge in [0.15, 0.2) is 0 Å². The molecule has 0 atom stereocenters. The molecule has 1 amide bonds. The van der Waals surface area contributed by atoms with E-state index >= 15 is 0 Å². The lowest BCUT2D eigenvalue weighted by molar-refractivity contribution is -0.143. The van der Waals surface area contributed by atoms with Crippen LogP contribution in [-0.4, -0.2) is 37.0 Å². The van der Waals surface area contributed by atoms with Crippen molar-refractivity contribution in [3.63, 3.8) is 0 Å². The van der Waals surface area contributed by atoms with Crippen molar-refractivity contribution in [1.82, 2.24) is 4.90 Å². The van der Waals surface area contributed by atoms with Gasteiger partial charge in [0.1, 0.15) is 6.54 Å². The van der Waals surface area contributed by atoms with Crippen molar-refractivity contribution < 1.29 is 14.3 Å². The molecule has 0 radical (unpaired) electrons. The third kappa shape index (κ3) is 3.74. The van der Waals surface area contributed by atoms with Gasteiger partial charge < -0.3 is 9.64 Å². The molecule has 0 aliphatic heterocycles. The highest BCUT2D eigenvalue weighted by atomic mass is 35.5. The molecule has 0 spiro atoms. The molecule has 0 N–H and O–H groups in total. The number of carbonyl (C=O) groups is 2. The fourth-order valence-corrected chi connectivity index (χ4v) is 1.60. The minimum atomic E-state index is -0.424. The third-order valence-corrected chi connectivity index (χ3v) is 2.84. The third-order valence-electron chi connectivity index (χ3n) is 2.44. The van der Waals surface area contributed by atoms with Gasteiger partial charge in [0.25, 0.3) is 5.91 Å². The molecule has 98 valence electrons. The fourth-order valence-electron chi connectivity index (χ4n) is 1.42. The number of hydrogen-bond donors (Lipinski definition) is 0. The monoisotopic (exact) mass is 269 g/mol. The zero-order valence-electron chi connectivity index (χ0n) is 10.7. The van der Waals surface area contributed by atoms with Gasteiger partial charge in [0, 0.05) is 17.6 Å². The van der Waals surface area contributed by atoms with Crippen molar-refractivity contribution in [1.29, 1.82) is 0 Å². The number of esters is 1. The second-order valence-corrected chi connectivity index (χ2v) is 4.34. The molecule has 1 aromatic rings. The number of amides is 1. The van der Waals surface area contributed by atoms with Crippen LogP contribution < -0.4 is 0 Å². The zero-order chi connectivity index (χ0) is 13.7. The van der Waals surface area contributed by atoms with E-state index in [2.05, 4.69) is 0 Å². The Morgan fingerprint density at radius 2 is 2.06 bits per heavy atom. The van der Waals surface area contributed by atoms with Gasteiger partial charge in [-0.3, -0.25) is 9.59 Å². The van der Waals surface area contributed by atoms with E-state index < -0.39 is 5.97 Å². The van der Waals surface area contributed by atoms with Gasteiger partial charge in [-0.05, 0) is 31.5 Å². The summed E-state index contributed by atoms with van der Waals surface area (Å²) in [4.78, 5) is 24.6. The first-order chi connectivity index (χ1) is 8.45. The van der Waals surface area contributed by atoms with Gasteiger partial charge in [-0.15, -0.1) is 0 Å². The molecule has 0 bridgehead atoms. The van der Waals surface area contributed by atoms with E-state index in [1.54, 1.807) is 32.2 Å². The fraction of sp³-hybridized carbons (Fsp3) is 0.385. The van der Waals surface area contributed by atoms with Crippen molar-refractivity contribution in [3.05, 3.63) is 34.3 Å². The highest BCUT2D eigenvalue weighted by Crippen LogP contribution is 2.17. The maximum atomic E-state index is 12.0. The lowest BCUT2D eigenvalue weighted by atomic mass is 10.1. The SMILES string of the molecule is CCOC(=O)CN(C)C(=O)c1ccc(C)c(Cl)c1. The van der Waals surface area contributed by atoms with Gasteiger partial charge in [0.05, 0.1) is 6.61 Å². The number of halogens is 1. The molecular weight excluding hydrogens is 254 g/mol. The minimum absolute atomic E-state index is 0.0713. The van der Waals surface area contributed by atoms with Crippen molar-refractivity contribution in [2.45, 2.75) is 13.8 Å². The van der Waals surface area contributed by atoms with E-state index in [0.717, 1.165) is 5.56 Å². The Labute approximate surface area is 111 Å². The first kappa shape index (κ1) is 14.5. The van der Waals surface area contributed by atoms with E-state index in [-0.39, 0.29) is 12.5 Å². The topological polar surface area (TPSA) is 46.6 Å². The van der Waals surface area contributed by atoms with Gasteiger partial charge in [0.2, 0.25) is 0 Å². The Morgan fingerprint density at radius 1 is 1.39 bits per heavy atom. The molecule has 5 heteroatoms. The van der Waals surface area contributed by atoms with Crippen LogP contribution in [0.1, 0.15) is 22.8 Å². The summed E-state index contributed by atoms with van der Waals surface area (Å²) in [5, 5.41) is 0.533. The number of benzene rings is 1. The summed E-state index contributed by atoms with van der Waals surface area (Å²) in [6.45, 7) is 3.81. The number of ether oxygens (including phenoxy) is 1. The summed E-state index contributed by atoms with van der Waals surface area (Å²) in [6.07, 6.45) is 0. The number of hydrogen-bond acceptors (Lipinski definition) is 3. The Kier molecular flexibility index (Phi) is 5.16. The Bertz CT molecular complexity index is 460. The summed E-state index contributed by atoms with van der Waals surface area (Å²) < 4.78 is 4.78. The van der Waals surface area contributed by atoms with Crippen LogP contribution in [0.3, 0.4) is 0 Å². The van der Waals surface area contributed by atoms with Crippen LogP contribution in [0, 0.1) is 6.92 Å². The normalized spacial score (nSPS) is 10.0. The van der Waals surface area contributed by atoms with E-state index in [1.165, 1.54) is 4.90 Å². The lowest BCUT2D eigenvalue weighted by Crippen LogP contribution is -2.33. The number of likely N-dealkylation sites (N-methyl/N-ethyl adjacent to an activating group) is 1. The predicted octanol–water partition coefficient (Wildman–Crippen LogP) is 2.28. The van der Waals surface area contributed by atoms with Crippen LogP contribution in [0.5, 0.6) is 0 Å². The summed E-state index contributed by atoms with van der Waals surface area (Å²) in [7, 11) is 1.55. The van der Waals surface area contributed by atoms with Gasteiger partial charge >= 0.3 is 5.97 Å². The highest BCUT2D eigenvalue weighted by Gasteiger charge is 2.16. The molecule has 0 aromatic heterocycles. The number of rotatable bonds is 4. The van der Waals surface area contributed by atoms with E-state index in [1.807, 2.05) is 6.92 Å². The molecule has 0 aliphatic rings. The van der Waals surface area contributed by atoms with Gasteiger partial charge in [-0.2, -0.15) is 0 Å². The maximum absolute atomic E-state index is 12.0. The molecule has 0 saturated heterocycles.